The fourth-order valence-electron chi connectivity index (χ4n) is 2.01. The number of methoxy groups -OCH3 is 1. The molecule has 1 N–H and O–H groups in total. The van der Waals surface area contributed by atoms with Crippen LogP contribution in [0, 0.1) is 0 Å². The van der Waals surface area contributed by atoms with E-state index in [0.717, 1.165) is 36.4 Å². The van der Waals surface area contributed by atoms with E-state index in [-0.39, 0.29) is 5.97 Å². The van der Waals surface area contributed by atoms with Crippen LogP contribution < -0.4 is 0 Å². The number of hydrogen-bond donors (Lipinski definition) is 1. The van der Waals surface area contributed by atoms with Crippen molar-refractivity contribution < 1.29 is 9.53 Å². The van der Waals surface area contributed by atoms with Crippen molar-refractivity contribution in [3.8, 4) is 0 Å². The second-order valence-electron chi connectivity index (χ2n) is 4.62. The van der Waals surface area contributed by atoms with Crippen LogP contribution in [0.15, 0.2) is 24.3 Å². The van der Waals surface area contributed by atoms with Gasteiger partial charge in [-0.1, -0.05) is 12.1 Å². The SMILES string of the molecule is COC(=O)CCCN(C)Cc1nc2ccccc2[nH]1. The molecule has 0 amide bonds. The zero-order valence-electron chi connectivity index (χ0n) is 11.3. The van der Waals surface area contributed by atoms with Crippen molar-refractivity contribution in [3.05, 3.63) is 30.1 Å². The number of nitrogens with one attached hydrogen (secondary N) is 1. The summed E-state index contributed by atoms with van der Waals surface area (Å²) in [4.78, 5) is 21.0. The number of esters is 1. The molecular weight excluding hydrogens is 242 g/mol. The number of carbonyl (C=O) groups excluding carboxylic acids is 1. The number of aromatic nitrogens is 2. The van der Waals surface area contributed by atoms with E-state index in [0.29, 0.717) is 6.42 Å². The molecule has 0 bridgehead atoms. The summed E-state index contributed by atoms with van der Waals surface area (Å²) in [5.74, 6) is 0.791. The fourth-order valence-corrected chi connectivity index (χ4v) is 2.01. The summed E-state index contributed by atoms with van der Waals surface area (Å²) < 4.78 is 4.61. The Morgan fingerprint density at radius 1 is 1.42 bits per heavy atom. The molecule has 5 nitrogen and oxygen atoms in total. The highest BCUT2D eigenvalue weighted by atomic mass is 16.5. The summed E-state index contributed by atoms with van der Waals surface area (Å²) in [7, 11) is 3.44. The Kier molecular flexibility index (Phi) is 4.52. The molecule has 1 heterocycles. The number of rotatable bonds is 6. The van der Waals surface area contributed by atoms with Crippen molar-refractivity contribution in [2.75, 3.05) is 20.7 Å². The Hall–Kier alpha value is -1.88. The van der Waals surface area contributed by atoms with E-state index in [1.54, 1.807) is 0 Å². The number of para-hydroxylation sites is 2. The first-order valence-corrected chi connectivity index (χ1v) is 6.38. The molecule has 0 spiro atoms. The molecule has 0 aliphatic heterocycles. The molecule has 0 atom stereocenters. The second kappa shape index (κ2) is 6.33. The summed E-state index contributed by atoms with van der Waals surface area (Å²) in [6.45, 7) is 1.59. The maximum absolute atomic E-state index is 11.0. The summed E-state index contributed by atoms with van der Waals surface area (Å²) in [6, 6.07) is 7.98. The Bertz CT molecular complexity index is 517. The van der Waals surface area contributed by atoms with Crippen molar-refractivity contribution in [2.45, 2.75) is 19.4 Å². The minimum absolute atomic E-state index is 0.155. The van der Waals surface area contributed by atoms with E-state index in [9.17, 15) is 4.79 Å². The lowest BCUT2D eigenvalue weighted by Crippen LogP contribution is -2.20. The summed E-state index contributed by atoms with van der Waals surface area (Å²) in [5.41, 5.74) is 2.04. The first kappa shape index (κ1) is 13.5. The molecule has 2 aromatic rings. The molecule has 0 unspecified atom stereocenters. The number of ether oxygens (including phenoxy) is 1. The van der Waals surface area contributed by atoms with Gasteiger partial charge < -0.3 is 9.72 Å². The number of imidazole rings is 1. The molecule has 1 aromatic carbocycles. The lowest BCUT2D eigenvalue weighted by atomic mass is 10.3. The fraction of sp³-hybridized carbons (Fsp3) is 0.429. The van der Waals surface area contributed by atoms with E-state index in [1.165, 1.54) is 7.11 Å². The molecule has 2 rings (SSSR count). The van der Waals surface area contributed by atoms with Crippen molar-refractivity contribution in [1.29, 1.82) is 0 Å². The molecule has 0 saturated carbocycles. The number of carbonyl (C=O) groups is 1. The molecule has 0 radical (unpaired) electrons. The standard InChI is InChI=1S/C14H19N3O2/c1-17(9-5-8-14(18)19-2)10-13-15-11-6-3-4-7-12(11)16-13/h3-4,6-7H,5,8-10H2,1-2H3,(H,15,16). The molecule has 1 aromatic heterocycles. The molecule has 0 saturated heterocycles. The van der Waals surface area contributed by atoms with Gasteiger partial charge in [0.05, 0.1) is 24.7 Å². The molecule has 0 fully saturated rings. The Balaban J connectivity index is 1.84. The predicted octanol–water partition coefficient (Wildman–Crippen LogP) is 1.95. The second-order valence-corrected chi connectivity index (χ2v) is 4.62. The van der Waals surface area contributed by atoms with E-state index in [2.05, 4.69) is 19.6 Å². The minimum atomic E-state index is -0.155. The van der Waals surface area contributed by atoms with E-state index >= 15 is 0 Å². The summed E-state index contributed by atoms with van der Waals surface area (Å²) >= 11 is 0. The van der Waals surface area contributed by atoms with E-state index in [4.69, 9.17) is 0 Å². The molecular formula is C14H19N3O2. The average Bonchev–Trinajstić information content (AvgIpc) is 2.80. The number of fused-ring (bicyclic) bond motifs is 1. The van der Waals surface area contributed by atoms with Gasteiger partial charge in [-0.25, -0.2) is 4.98 Å². The van der Waals surface area contributed by atoms with Crippen LogP contribution in [0.3, 0.4) is 0 Å². The number of benzene rings is 1. The van der Waals surface area contributed by atoms with Gasteiger partial charge in [-0.3, -0.25) is 9.69 Å². The third kappa shape index (κ3) is 3.79. The Morgan fingerprint density at radius 2 is 2.21 bits per heavy atom. The Labute approximate surface area is 112 Å². The van der Waals surface area contributed by atoms with Crippen LogP contribution in [-0.4, -0.2) is 41.5 Å². The highest BCUT2D eigenvalue weighted by Crippen LogP contribution is 2.11. The van der Waals surface area contributed by atoms with Crippen LogP contribution in [0.25, 0.3) is 11.0 Å². The lowest BCUT2D eigenvalue weighted by molar-refractivity contribution is -0.140. The van der Waals surface area contributed by atoms with Crippen LogP contribution in [0.2, 0.25) is 0 Å². The van der Waals surface area contributed by atoms with Crippen LogP contribution in [-0.2, 0) is 16.1 Å². The number of hydrogen-bond acceptors (Lipinski definition) is 4. The summed E-state index contributed by atoms with van der Waals surface area (Å²) in [5, 5.41) is 0. The van der Waals surface area contributed by atoms with Crippen molar-refractivity contribution in [3.63, 3.8) is 0 Å². The highest BCUT2D eigenvalue weighted by molar-refractivity contribution is 5.74. The smallest absolute Gasteiger partial charge is 0.305 e. The van der Waals surface area contributed by atoms with Crippen molar-refractivity contribution in [1.82, 2.24) is 14.9 Å². The lowest BCUT2D eigenvalue weighted by Gasteiger charge is -2.14. The number of H-pyrrole nitrogens is 1. The van der Waals surface area contributed by atoms with Gasteiger partial charge in [0.1, 0.15) is 5.82 Å². The predicted molar refractivity (Wildman–Crippen MR) is 73.7 cm³/mol. The van der Waals surface area contributed by atoms with Crippen molar-refractivity contribution in [2.24, 2.45) is 0 Å². The molecule has 102 valence electrons. The van der Waals surface area contributed by atoms with Gasteiger partial charge >= 0.3 is 5.97 Å². The zero-order valence-corrected chi connectivity index (χ0v) is 11.3. The van der Waals surface area contributed by atoms with Crippen LogP contribution in [0.4, 0.5) is 0 Å². The largest absolute Gasteiger partial charge is 0.469 e. The van der Waals surface area contributed by atoms with Crippen molar-refractivity contribution >= 4 is 17.0 Å². The number of nitrogens with zero attached hydrogens (tertiary/aromatic N) is 2. The first-order chi connectivity index (χ1) is 9.19. The van der Waals surface area contributed by atoms with E-state index in [1.807, 2.05) is 31.3 Å². The van der Waals surface area contributed by atoms with Gasteiger partial charge in [-0.2, -0.15) is 0 Å². The Morgan fingerprint density at radius 3 is 2.95 bits per heavy atom. The van der Waals surface area contributed by atoms with Crippen LogP contribution >= 0.6 is 0 Å². The van der Waals surface area contributed by atoms with E-state index < -0.39 is 0 Å². The summed E-state index contributed by atoms with van der Waals surface area (Å²) in [6.07, 6.45) is 1.25. The first-order valence-electron chi connectivity index (χ1n) is 6.38. The monoisotopic (exact) mass is 261 g/mol. The molecule has 0 aliphatic carbocycles. The maximum Gasteiger partial charge on any atom is 0.305 e. The van der Waals surface area contributed by atoms with Gasteiger partial charge in [0.15, 0.2) is 0 Å². The topological polar surface area (TPSA) is 58.2 Å². The molecule has 5 heteroatoms. The highest BCUT2D eigenvalue weighted by Gasteiger charge is 2.06. The third-order valence-corrected chi connectivity index (χ3v) is 3.01. The van der Waals surface area contributed by atoms with Gasteiger partial charge in [-0.05, 0) is 32.1 Å². The van der Waals surface area contributed by atoms with Gasteiger partial charge in [0.2, 0.25) is 0 Å². The zero-order chi connectivity index (χ0) is 13.7. The van der Waals surface area contributed by atoms with Crippen LogP contribution in [0.5, 0.6) is 0 Å². The molecule has 0 aliphatic rings. The average molecular weight is 261 g/mol. The third-order valence-electron chi connectivity index (χ3n) is 3.01. The number of aromatic amines is 1. The van der Waals surface area contributed by atoms with Crippen LogP contribution in [0.1, 0.15) is 18.7 Å². The normalized spacial score (nSPS) is 11.1. The minimum Gasteiger partial charge on any atom is -0.469 e. The quantitative estimate of drug-likeness (QED) is 0.807. The maximum atomic E-state index is 11.0. The molecule has 19 heavy (non-hydrogen) atoms. The van der Waals surface area contributed by atoms with Gasteiger partial charge in [-0.15, -0.1) is 0 Å². The van der Waals surface area contributed by atoms with Gasteiger partial charge in [0, 0.05) is 6.42 Å². The van der Waals surface area contributed by atoms with Gasteiger partial charge in [0.25, 0.3) is 0 Å².